The lowest BCUT2D eigenvalue weighted by Gasteiger charge is -2.31. The average Bonchev–Trinajstić information content (AvgIpc) is 2.80. The van der Waals surface area contributed by atoms with E-state index in [1.165, 1.54) is 0 Å². The Morgan fingerprint density at radius 2 is 1.95 bits per heavy atom. The van der Waals surface area contributed by atoms with E-state index >= 15 is 0 Å². The highest BCUT2D eigenvalue weighted by Crippen LogP contribution is 2.44. The lowest BCUT2D eigenvalue weighted by Crippen LogP contribution is -2.42. The number of aromatic amines is 1. The predicted molar refractivity (Wildman–Crippen MR) is 76.6 cm³/mol. The molecule has 1 aromatic heterocycles. The molecule has 1 heterocycles. The second-order valence-electron chi connectivity index (χ2n) is 6.25. The van der Waals surface area contributed by atoms with Crippen LogP contribution in [0.5, 0.6) is 0 Å². The summed E-state index contributed by atoms with van der Waals surface area (Å²) in [6, 6.07) is 0. The molecule has 1 aliphatic carbocycles. The van der Waals surface area contributed by atoms with Gasteiger partial charge in [-0.05, 0) is 30.6 Å². The van der Waals surface area contributed by atoms with Crippen LogP contribution in [0.3, 0.4) is 0 Å². The summed E-state index contributed by atoms with van der Waals surface area (Å²) in [6.45, 7) is 4.51. The van der Waals surface area contributed by atoms with Crippen molar-refractivity contribution < 1.29 is 4.39 Å². The topological polar surface area (TPSA) is 54.9 Å². The fourth-order valence-corrected chi connectivity index (χ4v) is 3.58. The first-order valence-electron chi connectivity index (χ1n) is 7.03. The Bertz CT molecular complexity index is 600. The zero-order valence-electron chi connectivity index (χ0n) is 11.8. The Kier molecular flexibility index (Phi) is 4.37. The van der Waals surface area contributed by atoms with Gasteiger partial charge in [0, 0.05) is 6.54 Å². The number of H-pyrrole nitrogens is 1. The first-order valence-corrected chi connectivity index (χ1v) is 7.40. The van der Waals surface area contributed by atoms with E-state index < -0.39 is 22.2 Å². The molecule has 0 aromatic carbocycles. The van der Waals surface area contributed by atoms with Gasteiger partial charge >= 0.3 is 5.69 Å². The van der Waals surface area contributed by atoms with Crippen LogP contribution in [0.1, 0.15) is 46.0 Å². The Balaban J connectivity index is 2.40. The number of aromatic nitrogens is 2. The van der Waals surface area contributed by atoms with Crippen molar-refractivity contribution >= 4 is 11.6 Å². The van der Waals surface area contributed by atoms with E-state index in [9.17, 15) is 14.0 Å². The number of nitrogens with one attached hydrogen (secondary N) is 1. The van der Waals surface area contributed by atoms with Gasteiger partial charge in [0.15, 0.2) is 5.15 Å². The lowest BCUT2D eigenvalue weighted by atomic mass is 9.78. The van der Waals surface area contributed by atoms with Gasteiger partial charge in [0.2, 0.25) is 5.82 Å². The fourth-order valence-electron chi connectivity index (χ4n) is 3.42. The second kappa shape index (κ2) is 5.72. The zero-order valence-corrected chi connectivity index (χ0v) is 12.6. The van der Waals surface area contributed by atoms with Crippen LogP contribution < -0.4 is 11.2 Å². The molecular weight excluding hydrogens is 283 g/mol. The maximum absolute atomic E-state index is 13.6. The highest BCUT2D eigenvalue weighted by molar-refractivity contribution is 6.29. The smallest absolute Gasteiger partial charge is 0.295 e. The molecule has 2 rings (SSSR count). The Labute approximate surface area is 122 Å². The molecule has 0 saturated heterocycles. The van der Waals surface area contributed by atoms with Gasteiger partial charge < -0.3 is 0 Å². The minimum atomic E-state index is -1.08. The van der Waals surface area contributed by atoms with Gasteiger partial charge in [0.25, 0.3) is 5.56 Å². The third kappa shape index (κ3) is 2.97. The van der Waals surface area contributed by atoms with Gasteiger partial charge in [0.05, 0.1) is 0 Å². The number of hydrogen-bond donors (Lipinski definition) is 1. The van der Waals surface area contributed by atoms with Crippen molar-refractivity contribution in [2.24, 2.45) is 11.3 Å². The Hall–Kier alpha value is -1.10. The Morgan fingerprint density at radius 1 is 1.35 bits per heavy atom. The fraction of sp³-hybridized carbons (Fsp3) is 0.714. The molecule has 6 heteroatoms. The molecule has 112 valence electrons. The minimum absolute atomic E-state index is 0.0781. The van der Waals surface area contributed by atoms with E-state index in [0.717, 1.165) is 36.7 Å². The van der Waals surface area contributed by atoms with E-state index in [1.54, 1.807) is 0 Å². The number of rotatable bonds is 4. The molecule has 0 amide bonds. The number of hydrogen-bond acceptors (Lipinski definition) is 2. The van der Waals surface area contributed by atoms with Gasteiger partial charge in [-0.25, -0.2) is 4.79 Å². The maximum atomic E-state index is 13.6. The van der Waals surface area contributed by atoms with Crippen LogP contribution in [0.2, 0.25) is 5.15 Å². The van der Waals surface area contributed by atoms with Crippen LogP contribution in [-0.4, -0.2) is 9.55 Å². The van der Waals surface area contributed by atoms with Crippen molar-refractivity contribution in [2.45, 2.75) is 52.5 Å². The maximum Gasteiger partial charge on any atom is 0.329 e. The van der Waals surface area contributed by atoms with Crippen molar-refractivity contribution in [3.05, 3.63) is 31.8 Å². The third-order valence-corrected chi connectivity index (χ3v) is 4.35. The number of nitrogens with zero attached hydrogens (tertiary/aromatic N) is 1. The largest absolute Gasteiger partial charge is 0.329 e. The van der Waals surface area contributed by atoms with Crippen molar-refractivity contribution in [3.63, 3.8) is 0 Å². The van der Waals surface area contributed by atoms with Gasteiger partial charge in [-0.3, -0.25) is 14.3 Å². The molecule has 0 aliphatic heterocycles. The van der Waals surface area contributed by atoms with Gasteiger partial charge in [-0.15, -0.1) is 0 Å². The molecule has 20 heavy (non-hydrogen) atoms. The monoisotopic (exact) mass is 302 g/mol. The molecule has 1 aliphatic rings. The third-order valence-electron chi connectivity index (χ3n) is 4.09. The van der Waals surface area contributed by atoms with E-state index in [1.807, 2.05) is 0 Å². The summed E-state index contributed by atoms with van der Waals surface area (Å²) in [5.41, 5.74) is -1.63. The first kappa shape index (κ1) is 15.3. The quantitative estimate of drug-likeness (QED) is 0.869. The first-order chi connectivity index (χ1) is 9.34. The van der Waals surface area contributed by atoms with Crippen LogP contribution in [0.25, 0.3) is 0 Å². The summed E-state index contributed by atoms with van der Waals surface area (Å²) < 4.78 is 14.6. The zero-order chi connectivity index (χ0) is 14.9. The predicted octanol–water partition coefficient (Wildman–Crippen LogP) is 2.94. The van der Waals surface area contributed by atoms with Gasteiger partial charge in [0.1, 0.15) is 0 Å². The standard InChI is InChI=1S/C14H20ClFN2O2/c1-9(2)7-14(5-3-4-6-14)8-18-12(19)10(16)11(15)17-13(18)20/h9H,3-8H2,1-2H3,(H,17,20). The van der Waals surface area contributed by atoms with E-state index in [0.29, 0.717) is 5.92 Å². The van der Waals surface area contributed by atoms with E-state index in [4.69, 9.17) is 11.6 Å². The molecule has 1 fully saturated rings. The van der Waals surface area contributed by atoms with Crippen LogP contribution in [0, 0.1) is 17.2 Å². The minimum Gasteiger partial charge on any atom is -0.295 e. The molecule has 0 radical (unpaired) electrons. The molecule has 1 N–H and O–H groups in total. The average molecular weight is 303 g/mol. The molecule has 1 aromatic rings. The molecule has 0 spiro atoms. The summed E-state index contributed by atoms with van der Waals surface area (Å²) in [4.78, 5) is 26.0. The van der Waals surface area contributed by atoms with Crippen molar-refractivity contribution in [3.8, 4) is 0 Å². The summed E-state index contributed by atoms with van der Waals surface area (Å²) >= 11 is 5.48. The van der Waals surface area contributed by atoms with Gasteiger partial charge in [-0.2, -0.15) is 4.39 Å². The normalized spacial score (nSPS) is 17.9. The van der Waals surface area contributed by atoms with Crippen LogP contribution >= 0.6 is 11.6 Å². The van der Waals surface area contributed by atoms with Crippen LogP contribution in [0.4, 0.5) is 4.39 Å². The summed E-state index contributed by atoms with van der Waals surface area (Å²) in [6.07, 6.45) is 5.07. The van der Waals surface area contributed by atoms with Crippen molar-refractivity contribution in [1.29, 1.82) is 0 Å². The van der Waals surface area contributed by atoms with E-state index in [-0.39, 0.29) is 12.0 Å². The SMILES string of the molecule is CC(C)CC1(Cn2c(=O)[nH]c(Cl)c(F)c2=O)CCCC1. The highest BCUT2D eigenvalue weighted by Gasteiger charge is 2.36. The molecule has 4 nitrogen and oxygen atoms in total. The molecule has 0 bridgehead atoms. The highest BCUT2D eigenvalue weighted by atomic mass is 35.5. The van der Waals surface area contributed by atoms with Crippen molar-refractivity contribution in [2.75, 3.05) is 0 Å². The summed E-state index contributed by atoms with van der Waals surface area (Å²) in [5.74, 6) is -0.607. The molecule has 0 atom stereocenters. The molecule has 1 saturated carbocycles. The van der Waals surface area contributed by atoms with E-state index in [2.05, 4.69) is 18.8 Å². The lowest BCUT2D eigenvalue weighted by molar-refractivity contribution is 0.190. The van der Waals surface area contributed by atoms with Crippen LogP contribution in [0.15, 0.2) is 9.59 Å². The molecular formula is C14H20ClFN2O2. The second-order valence-corrected chi connectivity index (χ2v) is 6.63. The number of halogens is 2. The van der Waals surface area contributed by atoms with Crippen molar-refractivity contribution in [1.82, 2.24) is 9.55 Å². The summed E-state index contributed by atoms with van der Waals surface area (Å²) in [5, 5.41) is -0.513. The van der Waals surface area contributed by atoms with Gasteiger partial charge in [-0.1, -0.05) is 38.3 Å². The summed E-state index contributed by atoms with van der Waals surface area (Å²) in [7, 11) is 0. The molecule has 0 unspecified atom stereocenters. The Morgan fingerprint density at radius 3 is 2.50 bits per heavy atom. The van der Waals surface area contributed by atoms with Crippen LogP contribution in [-0.2, 0) is 6.54 Å².